The summed E-state index contributed by atoms with van der Waals surface area (Å²) in [6.07, 6.45) is 10.9. The first-order valence-electron chi connectivity index (χ1n) is 47.6. The van der Waals surface area contributed by atoms with Crippen LogP contribution in [0.15, 0.2) is 120 Å². The summed E-state index contributed by atoms with van der Waals surface area (Å²) in [7, 11) is 5.93. The van der Waals surface area contributed by atoms with Gasteiger partial charge in [0.05, 0.1) is 165 Å². The first kappa shape index (κ1) is 107. The summed E-state index contributed by atoms with van der Waals surface area (Å²) in [5.74, 6) is -9.18. The lowest BCUT2D eigenvalue weighted by Crippen LogP contribution is -2.61. The van der Waals surface area contributed by atoms with Crippen LogP contribution in [0.5, 0.6) is 5.88 Å². The molecule has 136 heavy (non-hydrogen) atoms. The lowest BCUT2D eigenvalue weighted by atomic mass is 9.80. The predicted octanol–water partition coefficient (Wildman–Crippen LogP) is 10.2. The van der Waals surface area contributed by atoms with Crippen LogP contribution in [0.3, 0.4) is 0 Å². The highest BCUT2D eigenvalue weighted by atomic mass is 19.4. The second-order valence-corrected chi connectivity index (χ2v) is 36.3. The molecule has 4 aromatic heterocycles. The highest BCUT2D eigenvalue weighted by Crippen LogP contribution is 2.42. The number of piperazine rings is 1. The second kappa shape index (κ2) is 51.7. The molecule has 4 aliphatic heterocycles. The van der Waals surface area contributed by atoms with Crippen LogP contribution in [0.2, 0.25) is 0 Å². The zero-order valence-electron chi connectivity index (χ0n) is 79.9. The van der Waals surface area contributed by atoms with Gasteiger partial charge in [0.2, 0.25) is 17.6 Å². The maximum absolute atomic E-state index is 15.0. The molecule has 748 valence electrons. The molecule has 2 aromatic carbocycles. The first-order chi connectivity index (χ1) is 65.3. The number of pyridine rings is 2. The molecular formula is C99H138F3N11O23. The average molecular weight is 1910 g/mol. The van der Waals surface area contributed by atoms with Crippen molar-refractivity contribution in [1.29, 1.82) is 0 Å². The summed E-state index contributed by atoms with van der Waals surface area (Å²) < 4.78 is 119. The number of H-pyrrole nitrogens is 1. The largest absolute Gasteiger partial charge is 0.481 e. The number of Topliss-reactive ketones (excluding diaryl/α,β-unsaturated/α-hetero) is 3. The number of unbranched alkanes of at least 4 members (excludes halogenated alkanes) is 1. The minimum atomic E-state index is -4.77. The van der Waals surface area contributed by atoms with E-state index in [-0.39, 0.29) is 125 Å². The van der Waals surface area contributed by atoms with Crippen molar-refractivity contribution in [3.8, 4) is 22.7 Å². The average Bonchev–Trinajstić information content (AvgIpc) is 1.57. The highest BCUT2D eigenvalue weighted by Gasteiger charge is 2.54. The molecular weight excluding hydrogens is 1770 g/mol. The number of amides is 3. The van der Waals surface area contributed by atoms with E-state index in [4.69, 9.17) is 62.6 Å². The molecule has 11 rings (SSSR count). The Morgan fingerprint density at radius 3 is 2.07 bits per heavy atom. The monoisotopic (exact) mass is 1910 g/mol. The first-order valence-corrected chi connectivity index (χ1v) is 47.6. The number of imidazole rings is 1. The number of ketones is 3. The molecule has 37 heteroatoms. The number of nitrogens with one attached hydrogen (secondary N) is 2. The maximum atomic E-state index is 15.0. The molecule has 1 aliphatic carbocycles. The fraction of sp³-hybridized carbons (Fsp3) is 0.616. The van der Waals surface area contributed by atoms with Crippen LogP contribution in [0.25, 0.3) is 38.8 Å². The number of ether oxygens (including phenoxy) is 12. The Morgan fingerprint density at radius 1 is 0.721 bits per heavy atom. The van der Waals surface area contributed by atoms with Crippen molar-refractivity contribution in [2.45, 2.75) is 218 Å². The zero-order valence-corrected chi connectivity index (χ0v) is 79.9. The zero-order chi connectivity index (χ0) is 97.8. The van der Waals surface area contributed by atoms with Crippen molar-refractivity contribution >= 4 is 68.9 Å². The van der Waals surface area contributed by atoms with E-state index in [2.05, 4.69) is 26.6 Å². The molecule has 3 saturated heterocycles. The number of carbonyl (C=O) groups excluding carboxylic acids is 7. The van der Waals surface area contributed by atoms with Gasteiger partial charge >= 0.3 is 23.9 Å². The van der Waals surface area contributed by atoms with Gasteiger partial charge in [-0.25, -0.2) is 19.4 Å². The Morgan fingerprint density at radius 2 is 1.40 bits per heavy atom. The van der Waals surface area contributed by atoms with Crippen molar-refractivity contribution in [3.63, 3.8) is 0 Å². The SMILES string of the molecule is COC(=O)N[C@H]1C[C@@H]2CC[C@@H](C)[C@@](O)(O2)C(=O)C(=O)N2CCCC[C@H]2C(=O)O[C@H]([C@H](N)C[C@@H]2CC[C@@H](OCCCCc3cn(CCOCCOCCOCCOCCOCCOCCC(=O)N4CCN(c5ccc(-n6c(=O)n(C)c7cnc8ccc(-c9ccc(OC)nc9)cc8c76)cc5C(F)(F)F)CC4)[nH]3)[C@H](OC)C2)CC(=O)[C@H](C)/C=C(\C)[C@@H](O)[C@@H](O)C(=O)[C@H](C)C[C@H](C)/C=C/C=CC=C1C. The molecule has 0 spiro atoms. The number of fused-ring (bicyclic) bond motifs is 6. The van der Waals surface area contributed by atoms with Crippen molar-refractivity contribution in [2.75, 3.05) is 145 Å². The summed E-state index contributed by atoms with van der Waals surface area (Å²) in [5, 5.41) is 41.5. The number of allylic oxidation sites excluding steroid dienone is 6. The molecule has 34 nitrogen and oxygen atoms in total. The lowest BCUT2D eigenvalue weighted by Gasteiger charge is -2.43. The maximum Gasteiger partial charge on any atom is 0.418 e. The van der Waals surface area contributed by atoms with Crippen LogP contribution in [-0.4, -0.2) is 296 Å². The number of halogens is 3. The number of alkyl carbamates (subject to hydrolysis) is 1. The number of aryl methyl sites for hydroxylation is 2. The number of cyclic esters (lactones) is 1. The van der Waals surface area contributed by atoms with Gasteiger partial charge in [0, 0.05) is 124 Å². The van der Waals surface area contributed by atoms with Crippen molar-refractivity contribution in [3.05, 3.63) is 136 Å². The van der Waals surface area contributed by atoms with Crippen LogP contribution < -0.4 is 26.4 Å². The van der Waals surface area contributed by atoms with Gasteiger partial charge in [-0.1, -0.05) is 75.8 Å². The van der Waals surface area contributed by atoms with Gasteiger partial charge in [0.25, 0.3) is 11.7 Å². The van der Waals surface area contributed by atoms with E-state index in [9.17, 15) is 53.7 Å². The van der Waals surface area contributed by atoms with Crippen LogP contribution in [-0.2, 0) is 107 Å². The van der Waals surface area contributed by atoms with E-state index in [0.29, 0.717) is 164 Å². The standard InChI is InChI=1S/C99H138F3N11O23/c1-63-18-12-11-13-19-64(2)79(106-96(122)127-10)58-74-27-22-68(6)98(124,136-74)93(119)94(120)112-33-16-14-21-81(112)95(121)135-85(59-83(114)65(3)53-67(5)91(117)92(118)90(116)66(4)52-63)77(103)54-69-23-30-84(86(55-69)125-8)134-39-17-15-20-72-62-111(107-72)38-41-129-43-45-131-47-49-133-51-50-132-48-46-130-44-42-128-40-32-88(115)110-36-34-109(35-37-110)80-29-26-73(57-76(80)99(100,101)102)113-89-75-56-70(71-25-31-87(126-9)105-60-71)24-28-78(75)104-61-82(89)108(7)97(113)123/h11-13,18-19,24-26,28-29,31,53,56-57,60-63,65-66,68-69,74,77,79,81,84-86,91-92,107,117-118,124H,14-17,20-23,27,30,32-52,54-55,58-59,103H2,1-10H3,(H,106,122)/b13-11?,18-12+,64-19?,67-53+/t63-,65-,66-,68-,69+,74+,77-,79+,81+,84-,85+,86-,91-,92+,98-/m1/s1. The Balaban J connectivity index is 0.532. The number of aliphatic hydroxyl groups excluding tert-OH is 2. The number of carbonyl (C=O) groups is 7. The molecule has 8 heterocycles. The number of piperidine rings is 1. The Bertz CT molecular complexity index is 5110. The number of hydrogen-bond acceptors (Lipinski definition) is 27. The number of hydrogen-bond donors (Lipinski definition) is 6. The van der Waals surface area contributed by atoms with Gasteiger partial charge < -0.3 is 103 Å². The Hall–Kier alpha value is -9.87. The molecule has 6 aromatic rings. The number of esters is 1. The Labute approximate surface area is 792 Å². The number of benzene rings is 2. The van der Waals surface area contributed by atoms with E-state index in [0.717, 1.165) is 47.0 Å². The summed E-state index contributed by atoms with van der Waals surface area (Å²) in [5.41, 5.74) is 10.5. The number of anilines is 1. The number of aromatic amines is 1. The number of methoxy groups -OCH3 is 3. The molecule has 7 N–H and O–H groups in total. The van der Waals surface area contributed by atoms with Crippen LogP contribution >= 0.6 is 0 Å². The smallest absolute Gasteiger partial charge is 0.418 e. The predicted molar refractivity (Wildman–Crippen MR) is 500 cm³/mol. The number of rotatable bonds is 36. The third-order valence-corrected chi connectivity index (χ3v) is 26.5. The third-order valence-electron chi connectivity index (χ3n) is 26.5. The highest BCUT2D eigenvalue weighted by molar-refractivity contribution is 6.39. The minimum absolute atomic E-state index is 0.0198. The van der Waals surface area contributed by atoms with Crippen molar-refractivity contribution in [1.82, 2.24) is 44.0 Å². The molecule has 2 bridgehead atoms. The number of aliphatic hydroxyl groups is 3. The molecule has 3 amide bonds. The van der Waals surface area contributed by atoms with Crippen LogP contribution in [0.4, 0.5) is 23.7 Å². The summed E-state index contributed by atoms with van der Waals surface area (Å²) in [6, 6.07) is 10.1. The number of aromatic nitrogens is 6. The molecule has 5 aliphatic rings. The van der Waals surface area contributed by atoms with E-state index in [1.165, 1.54) is 48.5 Å². The van der Waals surface area contributed by atoms with Crippen LogP contribution in [0.1, 0.15) is 149 Å². The van der Waals surface area contributed by atoms with E-state index in [1.54, 1.807) is 100 Å². The van der Waals surface area contributed by atoms with Gasteiger partial charge in [-0.3, -0.25) is 42.8 Å². The molecule has 0 unspecified atom stereocenters. The van der Waals surface area contributed by atoms with Gasteiger partial charge in [0.15, 0.2) is 5.78 Å². The van der Waals surface area contributed by atoms with Gasteiger partial charge in [0.1, 0.15) is 30.1 Å². The molecule has 4 fully saturated rings. The van der Waals surface area contributed by atoms with Crippen molar-refractivity contribution in [2.24, 2.45) is 42.4 Å². The third kappa shape index (κ3) is 29.1. The Kier molecular flexibility index (Phi) is 40.5. The topological polar surface area (TPSA) is 412 Å². The second-order valence-electron chi connectivity index (χ2n) is 36.3. The molecule has 15 atom stereocenters. The molecule has 0 radical (unpaired) electrons. The summed E-state index contributed by atoms with van der Waals surface area (Å²) in [6.45, 7) is 16.3. The summed E-state index contributed by atoms with van der Waals surface area (Å²) >= 11 is 0. The van der Waals surface area contributed by atoms with Crippen molar-refractivity contribution < 1.29 is 119 Å². The van der Waals surface area contributed by atoms with Gasteiger partial charge in [-0.15, -0.1) is 0 Å². The minimum Gasteiger partial charge on any atom is -0.481 e. The van der Waals surface area contributed by atoms with E-state index >= 15 is 13.2 Å². The number of nitrogens with zero attached hydrogens (tertiary/aromatic N) is 8. The quantitative estimate of drug-likeness (QED) is 0.00921. The van der Waals surface area contributed by atoms with Crippen LogP contribution in [0, 0.1) is 29.6 Å². The number of alkyl halides is 3. The van der Waals surface area contributed by atoms with E-state index in [1.807, 2.05) is 35.9 Å². The fourth-order valence-electron chi connectivity index (χ4n) is 18.4. The van der Waals surface area contributed by atoms with E-state index < -0.39 is 119 Å². The van der Waals surface area contributed by atoms with Gasteiger partial charge in [-0.05, 0) is 163 Å². The molecule has 1 saturated carbocycles. The normalized spacial score (nSPS) is 25.7. The number of nitrogens with two attached hydrogens (primary N) is 1. The summed E-state index contributed by atoms with van der Waals surface area (Å²) in [4.78, 5) is 125. The lowest BCUT2D eigenvalue weighted by molar-refractivity contribution is -0.264. The van der Waals surface area contributed by atoms with Gasteiger partial charge in [-0.2, -0.15) is 13.2 Å². The fourth-order valence-corrected chi connectivity index (χ4v) is 18.4.